The number of imidazole rings is 1. The summed E-state index contributed by atoms with van der Waals surface area (Å²) in [6.45, 7) is 7.06. The van der Waals surface area contributed by atoms with E-state index in [1.54, 1.807) is 11.3 Å². The van der Waals surface area contributed by atoms with Gasteiger partial charge in [0.25, 0.3) is 0 Å². The van der Waals surface area contributed by atoms with E-state index in [4.69, 9.17) is 15.7 Å². The predicted octanol–water partition coefficient (Wildman–Crippen LogP) is 6.83. The Labute approximate surface area is 246 Å². The molecule has 0 spiro atoms. The Morgan fingerprint density at radius 3 is 2.51 bits per heavy atom. The molecule has 4 aromatic rings. The minimum atomic E-state index is 0. The summed E-state index contributed by atoms with van der Waals surface area (Å²) in [4.78, 5) is 15.6. The van der Waals surface area contributed by atoms with Gasteiger partial charge in [0, 0.05) is 67.6 Å². The summed E-state index contributed by atoms with van der Waals surface area (Å²) >= 11 is 1.78. The SMILES string of the molecule is Cc1csc(-c2ccc(CNc3nc(NC4CCC([NH-])CC4)nc4c3ncn4C(C)C)cc2)c1.[Ac]. The third-order valence-electron chi connectivity index (χ3n) is 6.47. The maximum absolute atomic E-state index is 7.96. The number of aryl methyl sites for hydroxylation is 1. The fourth-order valence-electron chi connectivity index (χ4n) is 4.46. The van der Waals surface area contributed by atoms with E-state index in [9.17, 15) is 0 Å². The molecule has 0 amide bonds. The molecule has 7 nitrogen and oxygen atoms in total. The molecule has 0 unspecified atom stereocenters. The minimum Gasteiger partial charge on any atom is -0.675 e. The van der Waals surface area contributed by atoms with E-state index in [0.29, 0.717) is 18.5 Å². The van der Waals surface area contributed by atoms with Crippen LogP contribution in [0, 0.1) is 51.0 Å². The number of nitrogens with zero attached hydrogens (tertiary/aromatic N) is 4. The molecule has 0 aliphatic heterocycles. The van der Waals surface area contributed by atoms with Gasteiger partial charge in [-0.25, -0.2) is 4.98 Å². The van der Waals surface area contributed by atoms with Crippen LogP contribution in [0.4, 0.5) is 11.8 Å². The van der Waals surface area contributed by atoms with Crippen molar-refractivity contribution in [2.24, 2.45) is 0 Å². The summed E-state index contributed by atoms with van der Waals surface area (Å²) in [6, 6.07) is 11.6. The van der Waals surface area contributed by atoms with Crippen molar-refractivity contribution < 1.29 is 44.1 Å². The van der Waals surface area contributed by atoms with Crippen molar-refractivity contribution in [1.82, 2.24) is 19.5 Å². The van der Waals surface area contributed by atoms with Crippen LogP contribution in [0.2, 0.25) is 0 Å². The van der Waals surface area contributed by atoms with Crippen LogP contribution >= 0.6 is 11.3 Å². The number of rotatable bonds is 7. The van der Waals surface area contributed by atoms with Crippen molar-refractivity contribution >= 4 is 34.3 Å². The maximum atomic E-state index is 7.96. The summed E-state index contributed by atoms with van der Waals surface area (Å²) < 4.78 is 2.09. The largest absolute Gasteiger partial charge is 0.675 e. The quantitative estimate of drug-likeness (QED) is 0.221. The van der Waals surface area contributed by atoms with Crippen molar-refractivity contribution in [2.45, 2.75) is 71.1 Å². The predicted molar refractivity (Wildman–Crippen MR) is 142 cm³/mol. The van der Waals surface area contributed by atoms with E-state index >= 15 is 0 Å². The van der Waals surface area contributed by atoms with Gasteiger partial charge >= 0.3 is 0 Å². The number of nitrogens with one attached hydrogen (secondary N) is 3. The number of thiophene rings is 1. The normalized spacial score (nSPS) is 18.0. The van der Waals surface area contributed by atoms with E-state index < -0.39 is 0 Å². The van der Waals surface area contributed by atoms with Gasteiger partial charge in [0.05, 0.1) is 6.33 Å². The molecule has 35 heavy (non-hydrogen) atoms. The molecule has 1 aliphatic carbocycles. The molecule has 0 bridgehead atoms. The van der Waals surface area contributed by atoms with Gasteiger partial charge < -0.3 is 20.9 Å². The number of fused-ring (bicyclic) bond motifs is 1. The Hall–Kier alpha value is -1.53. The third-order valence-corrected chi connectivity index (χ3v) is 7.56. The summed E-state index contributed by atoms with van der Waals surface area (Å²) in [6.07, 6.45) is 5.67. The van der Waals surface area contributed by atoms with Crippen LogP contribution in [-0.4, -0.2) is 31.6 Å². The van der Waals surface area contributed by atoms with Crippen LogP contribution in [0.25, 0.3) is 27.3 Å². The Bertz CT molecular complexity index is 1260. The number of aromatic nitrogens is 4. The van der Waals surface area contributed by atoms with E-state index in [0.717, 1.165) is 42.7 Å². The van der Waals surface area contributed by atoms with Crippen LogP contribution in [0.3, 0.4) is 0 Å². The van der Waals surface area contributed by atoms with Crippen molar-refractivity contribution in [3.05, 3.63) is 58.9 Å². The second-order valence-electron chi connectivity index (χ2n) is 9.55. The summed E-state index contributed by atoms with van der Waals surface area (Å²) in [5.74, 6) is 1.38. The molecule has 1 saturated carbocycles. The number of anilines is 2. The topological polar surface area (TPSA) is 91.5 Å². The first-order valence-electron chi connectivity index (χ1n) is 12.1. The third kappa shape index (κ3) is 6.25. The maximum Gasteiger partial charge on any atom is 0.227 e. The molecule has 9 heteroatoms. The van der Waals surface area contributed by atoms with Gasteiger partial charge in [-0.15, -0.1) is 17.4 Å². The molecule has 1 fully saturated rings. The summed E-state index contributed by atoms with van der Waals surface area (Å²) in [5, 5.41) is 9.23. The minimum absolute atomic E-state index is 0. The van der Waals surface area contributed by atoms with Crippen molar-refractivity contribution in [3.63, 3.8) is 0 Å². The monoisotopic (exact) mass is 701 g/mol. The molecule has 181 valence electrons. The van der Waals surface area contributed by atoms with Crippen molar-refractivity contribution in [2.75, 3.05) is 10.6 Å². The molecule has 1 aromatic carbocycles. The average molecular weight is 702 g/mol. The average Bonchev–Trinajstić information content (AvgIpc) is 3.46. The van der Waals surface area contributed by atoms with Gasteiger partial charge in [0.1, 0.15) is 0 Å². The Kier molecular flexibility index (Phi) is 8.86. The summed E-state index contributed by atoms with van der Waals surface area (Å²) in [7, 11) is 0. The van der Waals surface area contributed by atoms with Gasteiger partial charge in [0.2, 0.25) is 5.95 Å². The molecule has 0 saturated heterocycles. The molecular weight excluding hydrogens is 669 g/mol. The molecule has 3 heterocycles. The molecule has 1 radical (unpaired) electrons. The van der Waals surface area contributed by atoms with Gasteiger partial charge in [0.15, 0.2) is 17.0 Å². The second kappa shape index (κ2) is 11.7. The number of benzene rings is 1. The molecule has 5 rings (SSSR count). The van der Waals surface area contributed by atoms with Crippen LogP contribution in [0.5, 0.6) is 0 Å². The molecule has 1 aliphatic rings. The van der Waals surface area contributed by atoms with Crippen molar-refractivity contribution in [1.29, 1.82) is 0 Å². The smallest absolute Gasteiger partial charge is 0.227 e. The zero-order valence-electron chi connectivity index (χ0n) is 20.6. The number of hydrogen-bond donors (Lipinski definition) is 2. The van der Waals surface area contributed by atoms with Gasteiger partial charge in [-0.05, 0) is 61.7 Å². The Balaban J connectivity index is 0.00000289. The van der Waals surface area contributed by atoms with E-state index in [2.05, 4.69) is 76.7 Å². The van der Waals surface area contributed by atoms with Crippen LogP contribution in [0.1, 0.15) is 56.7 Å². The van der Waals surface area contributed by atoms with Crippen molar-refractivity contribution in [3.8, 4) is 10.4 Å². The Morgan fingerprint density at radius 1 is 1.11 bits per heavy atom. The fourth-order valence-corrected chi connectivity index (χ4v) is 5.36. The zero-order valence-corrected chi connectivity index (χ0v) is 26.1. The first-order valence-corrected chi connectivity index (χ1v) is 12.9. The first-order chi connectivity index (χ1) is 16.5. The zero-order chi connectivity index (χ0) is 23.7. The van der Waals surface area contributed by atoms with Crippen LogP contribution in [-0.2, 0) is 6.54 Å². The molecule has 3 N–H and O–H groups in total. The second-order valence-corrected chi connectivity index (χ2v) is 10.5. The van der Waals surface area contributed by atoms with Crippen LogP contribution in [0.15, 0.2) is 42.0 Å². The van der Waals surface area contributed by atoms with Crippen LogP contribution < -0.4 is 10.6 Å². The van der Waals surface area contributed by atoms with Gasteiger partial charge in [-0.1, -0.05) is 37.1 Å². The fraction of sp³-hybridized carbons (Fsp3) is 0.423. The van der Waals surface area contributed by atoms with Gasteiger partial charge in [-0.3, -0.25) is 0 Å². The van der Waals surface area contributed by atoms with Gasteiger partial charge in [-0.2, -0.15) is 9.97 Å². The number of hydrogen-bond acceptors (Lipinski definition) is 6. The standard InChI is InChI=1S/C26H32N7S.Ac/c1-16(2)33-15-29-23-24(31-26(32-25(23)33)30-21-10-8-20(27)9-11-21)28-13-18-4-6-19(7-5-18)22-12-17(3)14-34-22;/h4-7,12,14-16,20-21,27H,8-11,13H2,1-3H3,(H2,28,30,31,32);/q-1;. The van der Waals surface area contributed by atoms with E-state index in [1.807, 2.05) is 6.33 Å². The summed E-state index contributed by atoms with van der Waals surface area (Å²) in [5.41, 5.74) is 13.3. The van der Waals surface area contributed by atoms with E-state index in [-0.39, 0.29) is 56.1 Å². The molecule has 0 atom stereocenters. The first kappa shape index (κ1) is 26.5. The van der Waals surface area contributed by atoms with E-state index in [1.165, 1.54) is 21.6 Å². The molecule has 3 aromatic heterocycles. The Morgan fingerprint density at radius 2 is 1.86 bits per heavy atom. The molecular formula is C26H32AcN7S-.